The maximum Gasteiger partial charge on any atom is 0.0750 e. The van der Waals surface area contributed by atoms with E-state index in [1.807, 2.05) is 0 Å². The molecule has 1 atom stereocenters. The quantitative estimate of drug-likeness (QED) is 0.818. The standard InChI is InChI=1S/C16H26N2O/c1-3-17-12-14-7-9-15(10-8-14)18(4-2)13-16-6-5-11-19-16/h7-10,16-17H,3-6,11-13H2,1-2H3. The van der Waals surface area contributed by atoms with Crippen molar-refractivity contribution >= 4 is 5.69 Å². The molecule has 19 heavy (non-hydrogen) atoms. The van der Waals surface area contributed by atoms with Crippen LogP contribution in [0.3, 0.4) is 0 Å². The first-order valence-corrected chi connectivity index (χ1v) is 7.49. The Labute approximate surface area is 116 Å². The smallest absolute Gasteiger partial charge is 0.0750 e. The van der Waals surface area contributed by atoms with Crippen LogP contribution in [-0.2, 0) is 11.3 Å². The molecule has 1 aromatic rings. The molecule has 0 aromatic heterocycles. The fourth-order valence-electron chi connectivity index (χ4n) is 2.55. The van der Waals surface area contributed by atoms with Gasteiger partial charge in [0.2, 0.25) is 0 Å². The van der Waals surface area contributed by atoms with E-state index < -0.39 is 0 Å². The first-order valence-electron chi connectivity index (χ1n) is 7.49. The Morgan fingerprint density at radius 1 is 1.26 bits per heavy atom. The van der Waals surface area contributed by atoms with Crippen LogP contribution < -0.4 is 10.2 Å². The van der Waals surface area contributed by atoms with E-state index in [0.717, 1.165) is 32.8 Å². The average Bonchev–Trinajstić information content (AvgIpc) is 2.96. The SMILES string of the molecule is CCNCc1ccc(N(CC)CC2CCCO2)cc1. The summed E-state index contributed by atoms with van der Waals surface area (Å²) in [6, 6.07) is 8.89. The van der Waals surface area contributed by atoms with Crippen molar-refractivity contribution in [2.75, 3.05) is 31.1 Å². The van der Waals surface area contributed by atoms with Gasteiger partial charge in [-0.2, -0.15) is 0 Å². The van der Waals surface area contributed by atoms with Crippen LogP contribution in [0, 0.1) is 0 Å². The molecule has 0 amide bonds. The third kappa shape index (κ3) is 4.22. The van der Waals surface area contributed by atoms with Crippen molar-refractivity contribution in [1.82, 2.24) is 5.32 Å². The molecule has 1 unspecified atom stereocenters. The number of anilines is 1. The molecular formula is C16H26N2O. The molecule has 1 aromatic carbocycles. The fourth-order valence-corrected chi connectivity index (χ4v) is 2.55. The number of nitrogens with one attached hydrogen (secondary N) is 1. The maximum absolute atomic E-state index is 5.73. The molecule has 106 valence electrons. The molecule has 0 aliphatic carbocycles. The summed E-state index contributed by atoms with van der Waals surface area (Å²) in [5.41, 5.74) is 2.65. The highest BCUT2D eigenvalue weighted by molar-refractivity contribution is 5.47. The number of nitrogens with zero attached hydrogens (tertiary/aromatic N) is 1. The third-order valence-corrected chi connectivity index (χ3v) is 3.71. The number of benzene rings is 1. The number of hydrogen-bond donors (Lipinski definition) is 1. The van der Waals surface area contributed by atoms with E-state index in [-0.39, 0.29) is 0 Å². The number of hydrogen-bond acceptors (Lipinski definition) is 3. The summed E-state index contributed by atoms with van der Waals surface area (Å²) in [5.74, 6) is 0. The van der Waals surface area contributed by atoms with E-state index in [0.29, 0.717) is 6.10 Å². The Bertz CT molecular complexity index is 358. The Hall–Kier alpha value is -1.06. The molecule has 1 aliphatic rings. The third-order valence-electron chi connectivity index (χ3n) is 3.71. The topological polar surface area (TPSA) is 24.5 Å². The van der Waals surface area contributed by atoms with Crippen LogP contribution in [0.25, 0.3) is 0 Å². The van der Waals surface area contributed by atoms with Gasteiger partial charge in [0.15, 0.2) is 0 Å². The zero-order valence-electron chi connectivity index (χ0n) is 12.2. The van der Waals surface area contributed by atoms with Gasteiger partial charge < -0.3 is 15.0 Å². The Morgan fingerprint density at radius 3 is 2.63 bits per heavy atom. The van der Waals surface area contributed by atoms with Crippen molar-refractivity contribution in [1.29, 1.82) is 0 Å². The van der Waals surface area contributed by atoms with E-state index in [2.05, 4.69) is 48.3 Å². The second-order valence-electron chi connectivity index (χ2n) is 5.12. The molecule has 0 saturated carbocycles. The summed E-state index contributed by atoms with van der Waals surface area (Å²) >= 11 is 0. The average molecular weight is 262 g/mol. The lowest BCUT2D eigenvalue weighted by atomic mass is 10.1. The molecule has 0 spiro atoms. The van der Waals surface area contributed by atoms with Crippen molar-refractivity contribution in [3.05, 3.63) is 29.8 Å². The molecule has 0 radical (unpaired) electrons. The molecule has 1 aliphatic heterocycles. The molecular weight excluding hydrogens is 236 g/mol. The van der Waals surface area contributed by atoms with Gasteiger partial charge in [-0.3, -0.25) is 0 Å². The summed E-state index contributed by atoms with van der Waals surface area (Å²) < 4.78 is 5.73. The van der Waals surface area contributed by atoms with E-state index in [1.165, 1.54) is 24.1 Å². The molecule has 1 saturated heterocycles. The predicted molar refractivity (Wildman–Crippen MR) is 80.7 cm³/mol. The number of ether oxygens (including phenoxy) is 1. The minimum absolute atomic E-state index is 0.418. The van der Waals surface area contributed by atoms with Crippen LogP contribution in [0.15, 0.2) is 24.3 Å². The van der Waals surface area contributed by atoms with Crippen molar-refractivity contribution in [3.8, 4) is 0 Å². The summed E-state index contributed by atoms with van der Waals surface area (Å²) in [6.07, 6.45) is 2.83. The summed E-state index contributed by atoms with van der Waals surface area (Å²) in [5, 5.41) is 3.35. The van der Waals surface area contributed by atoms with Crippen molar-refractivity contribution in [2.45, 2.75) is 39.3 Å². The fraction of sp³-hybridized carbons (Fsp3) is 0.625. The second-order valence-corrected chi connectivity index (χ2v) is 5.12. The molecule has 3 nitrogen and oxygen atoms in total. The van der Waals surface area contributed by atoms with Gasteiger partial charge in [0.1, 0.15) is 0 Å². The molecule has 0 bridgehead atoms. The Morgan fingerprint density at radius 2 is 2.05 bits per heavy atom. The van der Waals surface area contributed by atoms with Gasteiger partial charge in [0.05, 0.1) is 6.10 Å². The van der Waals surface area contributed by atoms with Gasteiger partial charge in [0, 0.05) is 31.9 Å². The predicted octanol–water partition coefficient (Wildman–Crippen LogP) is 2.80. The highest BCUT2D eigenvalue weighted by atomic mass is 16.5. The summed E-state index contributed by atoms with van der Waals surface area (Å²) in [6.45, 7) is 9.30. The van der Waals surface area contributed by atoms with Crippen molar-refractivity contribution in [2.24, 2.45) is 0 Å². The van der Waals surface area contributed by atoms with Gasteiger partial charge in [-0.1, -0.05) is 19.1 Å². The van der Waals surface area contributed by atoms with E-state index in [4.69, 9.17) is 4.74 Å². The van der Waals surface area contributed by atoms with Gasteiger partial charge >= 0.3 is 0 Å². The lowest BCUT2D eigenvalue weighted by Gasteiger charge is -2.26. The molecule has 1 N–H and O–H groups in total. The van der Waals surface area contributed by atoms with Gasteiger partial charge in [-0.05, 0) is 44.0 Å². The highest BCUT2D eigenvalue weighted by Crippen LogP contribution is 2.19. The molecule has 1 heterocycles. The van der Waals surface area contributed by atoms with Gasteiger partial charge in [-0.25, -0.2) is 0 Å². The maximum atomic E-state index is 5.73. The van der Waals surface area contributed by atoms with Gasteiger partial charge in [-0.15, -0.1) is 0 Å². The molecule has 1 fully saturated rings. The first-order chi connectivity index (χ1) is 9.33. The minimum atomic E-state index is 0.418. The second kappa shape index (κ2) is 7.51. The normalized spacial score (nSPS) is 18.7. The van der Waals surface area contributed by atoms with E-state index in [9.17, 15) is 0 Å². The highest BCUT2D eigenvalue weighted by Gasteiger charge is 2.18. The van der Waals surface area contributed by atoms with Crippen molar-refractivity contribution in [3.63, 3.8) is 0 Å². The summed E-state index contributed by atoms with van der Waals surface area (Å²) in [7, 11) is 0. The number of rotatable bonds is 7. The Kier molecular flexibility index (Phi) is 5.67. The van der Waals surface area contributed by atoms with Crippen LogP contribution in [-0.4, -0.2) is 32.3 Å². The number of likely N-dealkylation sites (N-methyl/N-ethyl adjacent to an activating group) is 1. The lowest BCUT2D eigenvalue weighted by molar-refractivity contribution is 0.115. The first kappa shape index (κ1) is 14.4. The van der Waals surface area contributed by atoms with Gasteiger partial charge in [0.25, 0.3) is 0 Å². The van der Waals surface area contributed by atoms with Crippen LogP contribution in [0.2, 0.25) is 0 Å². The molecule has 2 rings (SSSR count). The zero-order chi connectivity index (χ0) is 13.5. The minimum Gasteiger partial charge on any atom is -0.376 e. The van der Waals surface area contributed by atoms with Crippen LogP contribution in [0.4, 0.5) is 5.69 Å². The zero-order valence-corrected chi connectivity index (χ0v) is 12.2. The summed E-state index contributed by atoms with van der Waals surface area (Å²) in [4.78, 5) is 2.41. The van der Waals surface area contributed by atoms with E-state index >= 15 is 0 Å². The molecule has 3 heteroatoms. The van der Waals surface area contributed by atoms with Crippen LogP contribution in [0.5, 0.6) is 0 Å². The van der Waals surface area contributed by atoms with Crippen molar-refractivity contribution < 1.29 is 4.74 Å². The largest absolute Gasteiger partial charge is 0.376 e. The van der Waals surface area contributed by atoms with Crippen LogP contribution in [0.1, 0.15) is 32.3 Å². The lowest BCUT2D eigenvalue weighted by Crippen LogP contribution is -2.31. The monoisotopic (exact) mass is 262 g/mol. The van der Waals surface area contributed by atoms with E-state index in [1.54, 1.807) is 0 Å². The Balaban J connectivity index is 1.93. The van der Waals surface area contributed by atoms with Crippen LogP contribution >= 0.6 is 0 Å².